The van der Waals surface area contributed by atoms with E-state index in [1.165, 1.54) is 46.2 Å². The lowest BCUT2D eigenvalue weighted by Crippen LogP contribution is -2.53. The number of hydrogen-bond donors (Lipinski definition) is 2. The number of fused-ring (bicyclic) bond motifs is 4. The quantitative estimate of drug-likeness (QED) is 0.466. The molecule has 3 atom stereocenters. The summed E-state index contributed by atoms with van der Waals surface area (Å²) in [5.41, 5.74) is 3.07. The summed E-state index contributed by atoms with van der Waals surface area (Å²) in [6.45, 7) is 2.44. The van der Waals surface area contributed by atoms with Crippen molar-refractivity contribution < 1.29 is 19.8 Å². The van der Waals surface area contributed by atoms with Crippen LogP contribution >= 0.6 is 23.5 Å². The Morgan fingerprint density at radius 2 is 1.65 bits per heavy atom. The number of hydrogen-bond acceptors (Lipinski definition) is 6. The number of carboxylic acids is 2. The Labute approximate surface area is 209 Å². The van der Waals surface area contributed by atoms with Gasteiger partial charge in [0.25, 0.3) is 0 Å². The molecule has 0 amide bonds. The van der Waals surface area contributed by atoms with Crippen LogP contribution in [0.3, 0.4) is 0 Å². The molecule has 180 valence electrons. The second-order valence-corrected chi connectivity index (χ2v) is 10.9. The minimum Gasteiger partial charge on any atom is -0.478 e. The van der Waals surface area contributed by atoms with Gasteiger partial charge in [-0.2, -0.15) is 0 Å². The fourth-order valence-electron chi connectivity index (χ4n) is 5.28. The van der Waals surface area contributed by atoms with Crippen LogP contribution in [0, 0.1) is 0 Å². The average Bonchev–Trinajstić information content (AvgIpc) is 2.98. The Kier molecular flexibility index (Phi) is 8.03. The first-order chi connectivity index (χ1) is 16.4. The summed E-state index contributed by atoms with van der Waals surface area (Å²) in [5.74, 6) is -2.51. The maximum absolute atomic E-state index is 9.55. The third-order valence-electron chi connectivity index (χ3n) is 6.63. The SMILES string of the molecule is CSc1ccc2c(c1)C(N1C3CCC1CN(C)C3)Cc1ccccc1S2.O=C(O)/C=C\C(=O)O. The van der Waals surface area contributed by atoms with E-state index < -0.39 is 11.9 Å². The van der Waals surface area contributed by atoms with Gasteiger partial charge in [-0.25, -0.2) is 9.59 Å². The van der Waals surface area contributed by atoms with Gasteiger partial charge in [-0.3, -0.25) is 4.90 Å². The number of carboxylic acid groups (broad SMARTS) is 2. The van der Waals surface area contributed by atoms with Crippen LogP contribution in [0.15, 0.2) is 69.3 Å². The number of piperazine rings is 1. The molecule has 3 heterocycles. The molecule has 2 saturated heterocycles. The van der Waals surface area contributed by atoms with Crippen molar-refractivity contribution in [1.82, 2.24) is 9.80 Å². The molecule has 34 heavy (non-hydrogen) atoms. The Balaban J connectivity index is 0.000000297. The van der Waals surface area contributed by atoms with E-state index in [-0.39, 0.29) is 0 Å². The largest absolute Gasteiger partial charge is 0.478 e. The summed E-state index contributed by atoms with van der Waals surface area (Å²) in [6.07, 6.45) is 7.17. The van der Waals surface area contributed by atoms with Gasteiger partial charge in [0, 0.05) is 58.1 Å². The zero-order chi connectivity index (χ0) is 24.2. The second kappa shape index (κ2) is 11.0. The van der Waals surface area contributed by atoms with E-state index in [0.717, 1.165) is 6.42 Å². The van der Waals surface area contributed by atoms with Gasteiger partial charge in [0.2, 0.25) is 0 Å². The highest BCUT2D eigenvalue weighted by Crippen LogP contribution is 2.47. The van der Waals surface area contributed by atoms with Gasteiger partial charge >= 0.3 is 11.9 Å². The predicted molar refractivity (Wildman–Crippen MR) is 136 cm³/mol. The summed E-state index contributed by atoms with van der Waals surface area (Å²) < 4.78 is 0. The summed E-state index contributed by atoms with van der Waals surface area (Å²) in [5, 5.41) is 15.6. The van der Waals surface area contributed by atoms with Crippen molar-refractivity contribution in [2.75, 3.05) is 26.4 Å². The maximum atomic E-state index is 9.55. The number of likely N-dealkylation sites (N-methyl/N-ethyl adjacent to an activating group) is 1. The molecule has 0 saturated carbocycles. The van der Waals surface area contributed by atoms with E-state index in [1.807, 2.05) is 23.5 Å². The number of carbonyl (C=O) groups is 2. The van der Waals surface area contributed by atoms with Gasteiger partial charge < -0.3 is 15.1 Å². The Hall–Kier alpha value is -2.26. The summed E-state index contributed by atoms with van der Waals surface area (Å²) in [4.78, 5) is 28.8. The molecular formula is C26H30N2O4S2. The van der Waals surface area contributed by atoms with Crippen molar-refractivity contribution in [2.45, 2.75) is 52.1 Å². The minimum atomic E-state index is -1.26. The first-order valence-electron chi connectivity index (χ1n) is 11.4. The summed E-state index contributed by atoms with van der Waals surface area (Å²) in [6, 6.07) is 18.1. The number of likely N-dealkylation sites (tertiary alicyclic amines) is 1. The normalized spacial score (nSPS) is 24.0. The van der Waals surface area contributed by atoms with Crippen molar-refractivity contribution in [1.29, 1.82) is 0 Å². The zero-order valence-corrected chi connectivity index (χ0v) is 21.0. The third-order valence-corrected chi connectivity index (χ3v) is 8.57. The van der Waals surface area contributed by atoms with Gasteiger partial charge in [0.1, 0.15) is 0 Å². The van der Waals surface area contributed by atoms with Crippen molar-refractivity contribution in [3.8, 4) is 0 Å². The smallest absolute Gasteiger partial charge is 0.328 e. The molecule has 2 aromatic carbocycles. The standard InChI is InChI=1S/C22H26N2S2.C4H4O4/c1-23-13-16-7-8-17(14-23)24(16)20-11-15-5-3-4-6-21(15)26-22-10-9-18(25-2)12-19(20)22;5-3(6)1-2-4(7)8/h3-6,9-10,12,16-17,20H,7-8,11,13-14H2,1-2H3;1-2H,(H,5,6)(H,7,8)/b;2-1-. The second-order valence-electron chi connectivity index (χ2n) is 8.90. The topological polar surface area (TPSA) is 81.1 Å². The Morgan fingerprint density at radius 1 is 1.00 bits per heavy atom. The van der Waals surface area contributed by atoms with Gasteiger partial charge in [0.05, 0.1) is 0 Å². The highest BCUT2D eigenvalue weighted by Gasteiger charge is 2.43. The summed E-state index contributed by atoms with van der Waals surface area (Å²) in [7, 11) is 2.29. The third kappa shape index (κ3) is 5.68. The van der Waals surface area contributed by atoms with E-state index in [0.29, 0.717) is 30.3 Å². The number of aliphatic carboxylic acids is 2. The minimum absolute atomic E-state index is 0.513. The van der Waals surface area contributed by atoms with Crippen LogP contribution in [0.4, 0.5) is 0 Å². The van der Waals surface area contributed by atoms with Crippen LogP contribution in [0.2, 0.25) is 0 Å². The van der Waals surface area contributed by atoms with Crippen LogP contribution in [0.25, 0.3) is 0 Å². The highest BCUT2D eigenvalue weighted by atomic mass is 32.2. The number of nitrogens with zero attached hydrogens (tertiary/aromatic N) is 2. The summed E-state index contributed by atoms with van der Waals surface area (Å²) >= 11 is 3.83. The molecular weight excluding hydrogens is 468 g/mol. The molecule has 2 N–H and O–H groups in total. The van der Waals surface area contributed by atoms with Crippen molar-refractivity contribution in [2.24, 2.45) is 0 Å². The van der Waals surface area contributed by atoms with Crippen LogP contribution in [0.1, 0.15) is 30.0 Å². The number of rotatable bonds is 4. The lowest BCUT2D eigenvalue weighted by atomic mass is 9.95. The number of benzene rings is 2. The number of thioether (sulfide) groups is 1. The fraction of sp³-hybridized carbons (Fsp3) is 0.385. The molecule has 8 heteroatoms. The molecule has 3 unspecified atom stereocenters. The lowest BCUT2D eigenvalue weighted by Gasteiger charge is -2.44. The molecule has 2 fully saturated rings. The molecule has 0 aromatic heterocycles. The first kappa shape index (κ1) is 24.9. The van der Waals surface area contributed by atoms with Gasteiger partial charge in [-0.15, -0.1) is 11.8 Å². The molecule has 0 spiro atoms. The maximum Gasteiger partial charge on any atom is 0.328 e. The Bertz CT molecular complexity index is 1060. The Morgan fingerprint density at radius 3 is 2.26 bits per heavy atom. The van der Waals surface area contributed by atoms with Crippen molar-refractivity contribution in [3.63, 3.8) is 0 Å². The molecule has 2 aromatic rings. The zero-order valence-electron chi connectivity index (χ0n) is 19.4. The van der Waals surface area contributed by atoms with Gasteiger partial charge in [0.15, 0.2) is 0 Å². The van der Waals surface area contributed by atoms with E-state index >= 15 is 0 Å². The van der Waals surface area contributed by atoms with Crippen LogP contribution in [0.5, 0.6) is 0 Å². The molecule has 0 aliphatic carbocycles. The molecule has 3 aliphatic rings. The van der Waals surface area contributed by atoms with Gasteiger partial charge in [-0.1, -0.05) is 30.0 Å². The fourth-order valence-corrected chi connectivity index (χ4v) is 6.84. The monoisotopic (exact) mass is 498 g/mol. The highest BCUT2D eigenvalue weighted by molar-refractivity contribution is 7.99. The van der Waals surface area contributed by atoms with E-state index in [2.05, 4.69) is 65.6 Å². The van der Waals surface area contributed by atoms with E-state index in [9.17, 15) is 9.59 Å². The van der Waals surface area contributed by atoms with E-state index in [4.69, 9.17) is 10.2 Å². The lowest BCUT2D eigenvalue weighted by molar-refractivity contribution is -0.134. The van der Waals surface area contributed by atoms with Crippen LogP contribution in [-0.4, -0.2) is 70.4 Å². The van der Waals surface area contributed by atoms with Crippen LogP contribution in [-0.2, 0) is 16.0 Å². The first-order valence-corrected chi connectivity index (χ1v) is 13.4. The molecule has 2 bridgehead atoms. The molecule has 5 rings (SSSR count). The van der Waals surface area contributed by atoms with Crippen molar-refractivity contribution in [3.05, 3.63) is 65.7 Å². The van der Waals surface area contributed by atoms with E-state index in [1.54, 1.807) is 5.56 Å². The molecule has 6 nitrogen and oxygen atoms in total. The predicted octanol–water partition coefficient (Wildman–Crippen LogP) is 4.65. The molecule has 0 radical (unpaired) electrons. The average molecular weight is 499 g/mol. The molecule has 3 aliphatic heterocycles. The van der Waals surface area contributed by atoms with Gasteiger partial charge in [-0.05, 0) is 68.0 Å². The van der Waals surface area contributed by atoms with Crippen LogP contribution < -0.4 is 0 Å². The van der Waals surface area contributed by atoms with Crippen molar-refractivity contribution >= 4 is 35.5 Å².